The van der Waals surface area contributed by atoms with Crippen molar-refractivity contribution in [2.45, 2.75) is 6.54 Å². The monoisotopic (exact) mass is 228 g/mol. The topological polar surface area (TPSA) is 32.3 Å². The number of hydrogen-bond donors (Lipinski definition) is 1. The fourth-order valence-corrected chi connectivity index (χ4v) is 1.29. The van der Waals surface area contributed by atoms with Crippen LogP contribution in [0.15, 0.2) is 18.2 Å². The van der Waals surface area contributed by atoms with Crippen molar-refractivity contribution in [1.82, 2.24) is 10.2 Å². The summed E-state index contributed by atoms with van der Waals surface area (Å²) in [6, 6.07) is 3.61. The van der Waals surface area contributed by atoms with Gasteiger partial charge in [0.15, 0.2) is 11.6 Å². The van der Waals surface area contributed by atoms with Gasteiger partial charge in [-0.05, 0) is 24.7 Å². The third-order valence-corrected chi connectivity index (χ3v) is 2.16. The number of likely N-dealkylation sites (N-methyl/N-ethyl adjacent to an activating group) is 2. The van der Waals surface area contributed by atoms with Crippen molar-refractivity contribution in [3.63, 3.8) is 0 Å². The average Bonchev–Trinajstić information content (AvgIpc) is 2.24. The second kappa shape index (κ2) is 5.55. The molecule has 0 saturated carbocycles. The average molecular weight is 228 g/mol. The Kier molecular flexibility index (Phi) is 4.37. The highest BCUT2D eigenvalue weighted by Gasteiger charge is 2.09. The molecule has 1 N–H and O–H groups in total. The van der Waals surface area contributed by atoms with Gasteiger partial charge in [-0.25, -0.2) is 8.78 Å². The predicted molar refractivity (Wildman–Crippen MR) is 56.8 cm³/mol. The molecule has 1 amide bonds. The summed E-state index contributed by atoms with van der Waals surface area (Å²) >= 11 is 0. The van der Waals surface area contributed by atoms with Crippen LogP contribution in [0.2, 0.25) is 0 Å². The molecule has 1 aromatic carbocycles. The van der Waals surface area contributed by atoms with E-state index in [1.807, 2.05) is 0 Å². The number of amides is 1. The number of hydrogen-bond acceptors (Lipinski definition) is 2. The van der Waals surface area contributed by atoms with Crippen molar-refractivity contribution >= 4 is 5.91 Å². The van der Waals surface area contributed by atoms with Gasteiger partial charge in [0.25, 0.3) is 0 Å². The van der Waals surface area contributed by atoms with Crippen LogP contribution in [0.25, 0.3) is 0 Å². The van der Waals surface area contributed by atoms with E-state index < -0.39 is 11.6 Å². The maximum atomic E-state index is 12.9. The summed E-state index contributed by atoms with van der Waals surface area (Å²) in [5.41, 5.74) is 0.561. The van der Waals surface area contributed by atoms with E-state index in [9.17, 15) is 13.6 Å². The highest BCUT2D eigenvalue weighted by molar-refractivity contribution is 5.77. The van der Waals surface area contributed by atoms with Crippen LogP contribution in [0.4, 0.5) is 8.78 Å². The number of carbonyl (C=O) groups is 1. The molecular weight excluding hydrogens is 214 g/mol. The minimum absolute atomic E-state index is 0.104. The molecule has 0 fully saturated rings. The first-order chi connectivity index (χ1) is 7.54. The quantitative estimate of drug-likeness (QED) is 0.838. The Labute approximate surface area is 93.1 Å². The van der Waals surface area contributed by atoms with Gasteiger partial charge in [-0.3, -0.25) is 4.79 Å². The van der Waals surface area contributed by atoms with Gasteiger partial charge in [0, 0.05) is 13.6 Å². The molecular formula is C11H14F2N2O. The third-order valence-electron chi connectivity index (χ3n) is 2.16. The number of rotatable bonds is 4. The minimum atomic E-state index is -0.896. The van der Waals surface area contributed by atoms with Crippen LogP contribution in [-0.4, -0.2) is 31.4 Å². The van der Waals surface area contributed by atoms with Gasteiger partial charge >= 0.3 is 0 Å². The fraction of sp³-hybridized carbons (Fsp3) is 0.364. The highest BCUT2D eigenvalue weighted by Crippen LogP contribution is 2.10. The lowest BCUT2D eigenvalue weighted by molar-refractivity contribution is -0.129. The Balaban J connectivity index is 2.66. The Morgan fingerprint density at radius 3 is 2.62 bits per heavy atom. The van der Waals surface area contributed by atoms with E-state index in [-0.39, 0.29) is 19.0 Å². The highest BCUT2D eigenvalue weighted by atomic mass is 19.2. The minimum Gasteiger partial charge on any atom is -0.340 e. The number of halogens is 2. The van der Waals surface area contributed by atoms with Crippen LogP contribution in [-0.2, 0) is 11.3 Å². The molecule has 0 heterocycles. The van der Waals surface area contributed by atoms with E-state index in [4.69, 9.17) is 0 Å². The summed E-state index contributed by atoms with van der Waals surface area (Å²) in [4.78, 5) is 12.8. The molecule has 0 atom stereocenters. The first-order valence-electron chi connectivity index (χ1n) is 4.87. The summed E-state index contributed by atoms with van der Waals surface area (Å²) < 4.78 is 25.5. The van der Waals surface area contributed by atoms with Gasteiger partial charge in [-0.1, -0.05) is 6.07 Å². The number of carbonyl (C=O) groups excluding carboxylic acids is 1. The zero-order valence-electron chi connectivity index (χ0n) is 9.26. The van der Waals surface area contributed by atoms with E-state index in [0.717, 1.165) is 12.1 Å². The first kappa shape index (κ1) is 12.6. The molecule has 0 spiro atoms. The summed E-state index contributed by atoms with van der Waals surface area (Å²) in [6.45, 7) is 0.484. The lowest BCUT2D eigenvalue weighted by Gasteiger charge is -2.17. The predicted octanol–water partition coefficient (Wildman–Crippen LogP) is 1.14. The zero-order chi connectivity index (χ0) is 12.1. The SMILES string of the molecule is CNCC(=O)N(C)Cc1ccc(F)c(F)c1. The second-order valence-corrected chi connectivity index (χ2v) is 3.53. The Hall–Kier alpha value is -1.49. The van der Waals surface area contributed by atoms with Crippen molar-refractivity contribution in [2.75, 3.05) is 20.6 Å². The number of nitrogens with one attached hydrogen (secondary N) is 1. The van der Waals surface area contributed by atoms with Crippen LogP contribution in [0.3, 0.4) is 0 Å². The molecule has 0 unspecified atom stereocenters. The zero-order valence-corrected chi connectivity index (χ0v) is 9.26. The third kappa shape index (κ3) is 3.27. The molecule has 16 heavy (non-hydrogen) atoms. The normalized spacial score (nSPS) is 10.2. The van der Waals surface area contributed by atoms with E-state index >= 15 is 0 Å². The lowest BCUT2D eigenvalue weighted by atomic mass is 10.2. The molecule has 0 aliphatic heterocycles. The van der Waals surface area contributed by atoms with Gasteiger partial charge in [0.1, 0.15) is 0 Å². The Morgan fingerprint density at radius 1 is 1.38 bits per heavy atom. The van der Waals surface area contributed by atoms with E-state index in [1.54, 1.807) is 14.1 Å². The van der Waals surface area contributed by atoms with Crippen molar-refractivity contribution in [1.29, 1.82) is 0 Å². The van der Waals surface area contributed by atoms with Crippen LogP contribution < -0.4 is 5.32 Å². The van der Waals surface area contributed by atoms with Crippen LogP contribution in [0.5, 0.6) is 0 Å². The first-order valence-corrected chi connectivity index (χ1v) is 4.87. The molecule has 88 valence electrons. The molecule has 0 radical (unpaired) electrons. The molecule has 0 aliphatic rings. The maximum Gasteiger partial charge on any atom is 0.236 e. The van der Waals surface area contributed by atoms with Gasteiger partial charge in [-0.2, -0.15) is 0 Å². The number of nitrogens with zero attached hydrogens (tertiary/aromatic N) is 1. The van der Waals surface area contributed by atoms with Crippen LogP contribution in [0, 0.1) is 11.6 Å². The van der Waals surface area contributed by atoms with Gasteiger partial charge < -0.3 is 10.2 Å². The molecule has 0 saturated heterocycles. The molecule has 1 rings (SSSR count). The summed E-state index contributed by atoms with van der Waals surface area (Å²) in [5.74, 6) is -1.88. The molecule has 5 heteroatoms. The van der Waals surface area contributed by atoms with Crippen LogP contribution >= 0.6 is 0 Å². The second-order valence-electron chi connectivity index (χ2n) is 3.53. The summed E-state index contributed by atoms with van der Waals surface area (Å²) in [6.07, 6.45) is 0. The van der Waals surface area contributed by atoms with Gasteiger partial charge in [-0.15, -0.1) is 0 Å². The molecule has 0 bridgehead atoms. The Bertz CT molecular complexity index is 382. The largest absolute Gasteiger partial charge is 0.340 e. The summed E-state index contributed by atoms with van der Waals surface area (Å²) in [7, 11) is 3.28. The standard InChI is InChI=1S/C11H14F2N2O/c1-14-6-11(16)15(2)7-8-3-4-9(12)10(13)5-8/h3-5,14H,6-7H2,1-2H3. The van der Waals surface area contributed by atoms with Crippen molar-refractivity contribution in [3.05, 3.63) is 35.4 Å². The molecule has 0 aromatic heterocycles. The van der Waals surface area contributed by atoms with E-state index in [2.05, 4.69) is 5.32 Å². The van der Waals surface area contributed by atoms with Gasteiger partial charge in [0.05, 0.1) is 6.54 Å². The van der Waals surface area contributed by atoms with Crippen molar-refractivity contribution in [3.8, 4) is 0 Å². The maximum absolute atomic E-state index is 12.9. The van der Waals surface area contributed by atoms with Crippen molar-refractivity contribution in [2.24, 2.45) is 0 Å². The molecule has 3 nitrogen and oxygen atoms in total. The number of benzene rings is 1. The molecule has 1 aromatic rings. The van der Waals surface area contributed by atoms with Crippen LogP contribution in [0.1, 0.15) is 5.56 Å². The summed E-state index contributed by atoms with van der Waals surface area (Å²) in [5, 5.41) is 2.73. The Morgan fingerprint density at radius 2 is 2.06 bits per heavy atom. The molecule has 0 aliphatic carbocycles. The smallest absolute Gasteiger partial charge is 0.236 e. The van der Waals surface area contributed by atoms with Gasteiger partial charge in [0.2, 0.25) is 5.91 Å². The van der Waals surface area contributed by atoms with E-state index in [1.165, 1.54) is 11.0 Å². The fourth-order valence-electron chi connectivity index (χ4n) is 1.29. The lowest BCUT2D eigenvalue weighted by Crippen LogP contribution is -2.33. The van der Waals surface area contributed by atoms with Crippen molar-refractivity contribution < 1.29 is 13.6 Å². The van der Waals surface area contributed by atoms with E-state index in [0.29, 0.717) is 5.56 Å².